The highest BCUT2D eigenvalue weighted by Crippen LogP contribution is 2.37. The van der Waals surface area contributed by atoms with Crippen LogP contribution < -0.4 is 5.14 Å². The van der Waals surface area contributed by atoms with E-state index in [0.717, 1.165) is 18.4 Å². The van der Waals surface area contributed by atoms with Crippen LogP contribution in [0.15, 0.2) is 42.5 Å². The van der Waals surface area contributed by atoms with Gasteiger partial charge in [-0.2, -0.15) is 0 Å². The van der Waals surface area contributed by atoms with Crippen LogP contribution >= 0.6 is 34.8 Å². The van der Waals surface area contributed by atoms with Crippen LogP contribution in [0.4, 0.5) is 0 Å². The molecule has 0 aliphatic carbocycles. The Bertz CT molecular complexity index is 777. The summed E-state index contributed by atoms with van der Waals surface area (Å²) >= 11 is 18.5. The van der Waals surface area contributed by atoms with Crippen molar-refractivity contribution < 1.29 is 4.21 Å². The van der Waals surface area contributed by atoms with Crippen molar-refractivity contribution >= 4 is 45.8 Å². The zero-order chi connectivity index (χ0) is 19.5. The van der Waals surface area contributed by atoms with E-state index in [9.17, 15) is 4.21 Å². The molecule has 0 fully saturated rings. The summed E-state index contributed by atoms with van der Waals surface area (Å²) in [7, 11) is -1.39. The molecule has 0 aliphatic rings. The van der Waals surface area contributed by atoms with Crippen LogP contribution in [0.1, 0.15) is 44.2 Å². The van der Waals surface area contributed by atoms with E-state index in [4.69, 9.17) is 39.9 Å². The van der Waals surface area contributed by atoms with Crippen LogP contribution in [0, 0.1) is 5.92 Å². The lowest BCUT2D eigenvalue weighted by molar-refractivity contribution is 0.384. The first-order valence-electron chi connectivity index (χ1n) is 8.46. The van der Waals surface area contributed by atoms with Crippen molar-refractivity contribution in [3.63, 3.8) is 0 Å². The molecular formula is C20H24Cl3NOS. The van der Waals surface area contributed by atoms with Gasteiger partial charge in [0.1, 0.15) is 0 Å². The summed E-state index contributed by atoms with van der Waals surface area (Å²) in [4.78, 5) is 0. The van der Waals surface area contributed by atoms with Crippen LogP contribution in [-0.4, -0.2) is 8.96 Å². The highest BCUT2D eigenvalue weighted by molar-refractivity contribution is 7.84. The maximum atomic E-state index is 11.9. The van der Waals surface area contributed by atoms with Crippen LogP contribution in [-0.2, 0) is 17.4 Å². The average molecular weight is 433 g/mol. The second-order valence-corrected chi connectivity index (χ2v) is 10.3. The maximum Gasteiger partial charge on any atom is 0.0945 e. The molecule has 0 saturated carbocycles. The summed E-state index contributed by atoms with van der Waals surface area (Å²) in [6.07, 6.45) is 1.49. The molecule has 2 rings (SSSR count). The van der Waals surface area contributed by atoms with Gasteiger partial charge >= 0.3 is 0 Å². The molecule has 0 spiro atoms. The number of hydrogen-bond donors (Lipinski definition) is 1. The molecule has 0 radical (unpaired) electrons. The van der Waals surface area contributed by atoms with Gasteiger partial charge in [0, 0.05) is 15.1 Å². The minimum atomic E-state index is -1.39. The smallest absolute Gasteiger partial charge is 0.0945 e. The fourth-order valence-corrected chi connectivity index (χ4v) is 4.32. The lowest BCUT2D eigenvalue weighted by Crippen LogP contribution is -2.35. The van der Waals surface area contributed by atoms with Gasteiger partial charge in [-0.05, 0) is 73.9 Å². The van der Waals surface area contributed by atoms with E-state index in [1.165, 1.54) is 5.56 Å². The SMILES string of the molecule is CC(CC(C)(C)S(N)=O)C(Cc1ccc(Cl)cc1Cl)c1ccc(Cl)cc1. The van der Waals surface area contributed by atoms with Gasteiger partial charge in [0.15, 0.2) is 0 Å². The van der Waals surface area contributed by atoms with Crippen molar-refractivity contribution in [1.29, 1.82) is 0 Å². The molecule has 2 nitrogen and oxygen atoms in total. The lowest BCUT2D eigenvalue weighted by Gasteiger charge is -2.31. The number of benzene rings is 2. The highest BCUT2D eigenvalue weighted by atomic mass is 35.5. The first-order chi connectivity index (χ1) is 12.1. The van der Waals surface area contributed by atoms with E-state index in [2.05, 4.69) is 6.92 Å². The van der Waals surface area contributed by atoms with Gasteiger partial charge in [0.05, 0.1) is 15.7 Å². The Morgan fingerprint density at radius 2 is 1.62 bits per heavy atom. The second-order valence-electron chi connectivity index (χ2n) is 7.34. The third kappa shape index (κ3) is 5.71. The number of hydrogen-bond acceptors (Lipinski definition) is 1. The van der Waals surface area contributed by atoms with Gasteiger partial charge in [-0.25, -0.2) is 4.21 Å². The topological polar surface area (TPSA) is 43.1 Å². The molecule has 3 unspecified atom stereocenters. The van der Waals surface area contributed by atoms with E-state index < -0.39 is 15.7 Å². The predicted molar refractivity (Wildman–Crippen MR) is 115 cm³/mol. The first kappa shape index (κ1) is 21.7. The summed E-state index contributed by atoms with van der Waals surface area (Å²) < 4.78 is 11.4. The van der Waals surface area contributed by atoms with Crippen LogP contribution in [0.3, 0.4) is 0 Å². The molecule has 0 saturated heterocycles. The van der Waals surface area contributed by atoms with Gasteiger partial charge in [-0.15, -0.1) is 0 Å². The molecule has 2 N–H and O–H groups in total. The van der Waals surface area contributed by atoms with Crippen molar-refractivity contribution in [3.8, 4) is 0 Å². The standard InChI is InChI=1S/C20H24Cl3NOS/c1-13(12-20(2,3)26(24)25)18(14-4-7-16(21)8-5-14)10-15-6-9-17(22)11-19(15)23/h4-9,11,13,18H,10,12,24H2,1-3H3. The summed E-state index contributed by atoms with van der Waals surface area (Å²) in [5.74, 6) is 0.430. The Hall–Kier alpha value is -0.580. The largest absolute Gasteiger partial charge is 0.251 e. The Balaban J connectivity index is 2.35. The van der Waals surface area contributed by atoms with E-state index in [-0.39, 0.29) is 11.8 Å². The van der Waals surface area contributed by atoms with Gasteiger partial charge < -0.3 is 0 Å². The van der Waals surface area contributed by atoms with Crippen LogP contribution in [0.25, 0.3) is 0 Å². The second kappa shape index (κ2) is 9.07. The third-order valence-electron chi connectivity index (χ3n) is 4.80. The fraction of sp³-hybridized carbons (Fsp3) is 0.400. The quantitative estimate of drug-likeness (QED) is 0.540. The van der Waals surface area contributed by atoms with Crippen molar-refractivity contribution in [2.24, 2.45) is 11.1 Å². The molecule has 2 aromatic rings. The Morgan fingerprint density at radius 3 is 2.15 bits per heavy atom. The Kier molecular flexibility index (Phi) is 7.58. The molecule has 142 valence electrons. The zero-order valence-corrected chi connectivity index (χ0v) is 18.2. The average Bonchev–Trinajstić information content (AvgIpc) is 2.54. The molecule has 3 atom stereocenters. The Morgan fingerprint density at radius 1 is 1.04 bits per heavy atom. The minimum Gasteiger partial charge on any atom is -0.251 e. The minimum absolute atomic E-state index is 0.189. The summed E-state index contributed by atoms with van der Waals surface area (Å²) in [5.41, 5.74) is 2.21. The van der Waals surface area contributed by atoms with Gasteiger partial charge in [0.25, 0.3) is 0 Å². The van der Waals surface area contributed by atoms with Gasteiger partial charge in [-0.1, -0.05) is 59.9 Å². The van der Waals surface area contributed by atoms with Gasteiger partial charge in [-0.3, -0.25) is 5.14 Å². The summed E-state index contributed by atoms with van der Waals surface area (Å²) in [6.45, 7) is 6.04. The fourth-order valence-electron chi connectivity index (χ4n) is 3.28. The Labute approximate surface area is 173 Å². The van der Waals surface area contributed by atoms with E-state index >= 15 is 0 Å². The maximum absolute atomic E-state index is 11.9. The van der Waals surface area contributed by atoms with Gasteiger partial charge in [0.2, 0.25) is 0 Å². The molecule has 26 heavy (non-hydrogen) atoms. The monoisotopic (exact) mass is 431 g/mol. The number of halogens is 3. The molecule has 2 aromatic carbocycles. The lowest BCUT2D eigenvalue weighted by atomic mass is 9.78. The van der Waals surface area contributed by atoms with Crippen molar-refractivity contribution in [2.45, 2.75) is 44.3 Å². The number of nitrogens with two attached hydrogens (primary N) is 1. The molecule has 0 amide bonds. The molecule has 0 aliphatic heterocycles. The summed E-state index contributed by atoms with van der Waals surface area (Å²) in [5, 5.41) is 7.67. The van der Waals surface area contributed by atoms with E-state index in [0.29, 0.717) is 15.1 Å². The molecule has 0 bridgehead atoms. The van der Waals surface area contributed by atoms with Crippen LogP contribution in [0.2, 0.25) is 15.1 Å². The molecule has 6 heteroatoms. The molecule has 0 heterocycles. The van der Waals surface area contributed by atoms with Crippen molar-refractivity contribution in [3.05, 3.63) is 68.7 Å². The highest BCUT2D eigenvalue weighted by Gasteiger charge is 2.30. The van der Waals surface area contributed by atoms with E-state index in [1.54, 1.807) is 6.07 Å². The zero-order valence-electron chi connectivity index (χ0n) is 15.1. The van der Waals surface area contributed by atoms with E-state index in [1.807, 2.05) is 50.2 Å². The normalized spacial score (nSPS) is 15.5. The molecule has 0 aromatic heterocycles. The number of rotatable bonds is 7. The summed E-state index contributed by atoms with van der Waals surface area (Å²) in [6, 6.07) is 13.5. The first-order valence-corrected chi connectivity index (χ1v) is 10.8. The van der Waals surface area contributed by atoms with Crippen molar-refractivity contribution in [1.82, 2.24) is 0 Å². The van der Waals surface area contributed by atoms with Crippen molar-refractivity contribution in [2.75, 3.05) is 0 Å². The van der Waals surface area contributed by atoms with Crippen LogP contribution in [0.5, 0.6) is 0 Å². The predicted octanol–water partition coefficient (Wildman–Crippen LogP) is 6.40. The third-order valence-corrected chi connectivity index (χ3v) is 6.89. The molecular weight excluding hydrogens is 409 g/mol.